The third-order valence-corrected chi connectivity index (χ3v) is 16.8. The molecule has 0 aromatic heterocycles. The van der Waals surface area contributed by atoms with E-state index in [0.717, 1.165) is 0 Å². The van der Waals surface area contributed by atoms with E-state index in [1.165, 1.54) is 0 Å². The molecule has 0 unspecified atom stereocenters. The summed E-state index contributed by atoms with van der Waals surface area (Å²) in [6, 6.07) is 0. The number of carbonyl (C=O) groups excluding carboxylic acids is 8. The molecular weight excluding hydrogens is 1730 g/mol. The van der Waals surface area contributed by atoms with E-state index >= 15 is 0 Å². The first-order valence-electron chi connectivity index (χ1n) is 45.0. The Hall–Kier alpha value is -5.28. The zero-order valence-electron chi connectivity index (χ0n) is 77.7. The van der Waals surface area contributed by atoms with Gasteiger partial charge in [-0.3, -0.25) is 33.6 Å². The van der Waals surface area contributed by atoms with Crippen LogP contribution in [-0.4, -0.2) is 495 Å². The van der Waals surface area contributed by atoms with Gasteiger partial charge < -0.3 is 178 Å². The first-order valence-corrected chi connectivity index (χ1v) is 45.0. The molecule has 1 saturated heterocycles. The van der Waals surface area contributed by atoms with Gasteiger partial charge in [0, 0.05) is 98.9 Å². The van der Waals surface area contributed by atoms with Crippen molar-refractivity contribution in [1.82, 2.24) is 31.6 Å². The Kier molecular flexibility index (Phi) is 94.1. The lowest BCUT2D eigenvalue weighted by Gasteiger charge is -2.34. The molecule has 0 aromatic carbocycles. The summed E-state index contributed by atoms with van der Waals surface area (Å²) in [5.41, 5.74) is -1.41. The molecule has 0 radical (unpaired) electrons. The molecular formula is C84H158N6O40. The Morgan fingerprint density at radius 1 is 0.223 bits per heavy atom. The number of nitrogens with zero attached hydrogens (tertiary/aromatic N) is 1. The van der Waals surface area contributed by atoms with Crippen LogP contribution in [0.25, 0.3) is 0 Å². The molecule has 0 bridgehead atoms. The highest BCUT2D eigenvalue weighted by molar-refractivity contribution is 6.01. The van der Waals surface area contributed by atoms with Gasteiger partial charge in [-0.25, -0.2) is 4.79 Å². The number of carbonyl (C=O) groups is 8. The maximum atomic E-state index is 13.9. The first-order chi connectivity index (χ1) is 63.9. The minimum Gasteiger partial charge on any atom is -0.382 e. The van der Waals surface area contributed by atoms with Crippen LogP contribution in [0.3, 0.4) is 0 Å². The zero-order chi connectivity index (χ0) is 93.8. The largest absolute Gasteiger partial charge is 0.382 e. The van der Waals surface area contributed by atoms with Crippen LogP contribution in [0, 0.1) is 0 Å². The third kappa shape index (κ3) is 89.3. The fourth-order valence-corrected chi connectivity index (χ4v) is 10.1. The summed E-state index contributed by atoms with van der Waals surface area (Å²) in [6.45, 7) is 20.4. The predicted octanol–water partition coefficient (Wildman–Crippen LogP) is -1.95. The predicted molar refractivity (Wildman–Crippen MR) is 461 cm³/mol. The quantitative estimate of drug-likeness (QED) is 0.0326. The standard InChI is InChI=1S/C84H158N6O40/c1-99-25-28-107-41-44-115-55-58-121-67-70-124-64-61-118-52-49-112-38-33-104-22-14-86-77(92)9-18-127-73-84(74-128-19-10-78(93)87-15-23-105-34-39-113-50-53-119-62-65-125-71-68-122-59-56-116-45-42-108-29-26-100-2,75-129-20-11-79(94)88-16-24-106-35-40-114-51-54-120-63-66-126-72-69-123-60-57-117-46-43-109-30-27-101-3)89-80(95)12-17-102-31-36-110-47-48-111-37-32-103-21-13-85-76(91)5-4-6-83(98)130-90-81(96)7-8-82(90)97/h4-75H2,1-3H3,(H,85,91)(H,86,92)(H,87,93)(H,88,94)(H,89,95). The molecule has 0 aliphatic carbocycles. The Morgan fingerprint density at radius 3 is 0.615 bits per heavy atom. The van der Waals surface area contributed by atoms with E-state index in [2.05, 4.69) is 26.6 Å². The SMILES string of the molecule is COCCOCCOCCOCCOCCOCCOCCOCCNC(=O)CCOCC(COCCC(=O)NCCOCCOCCOCCOCCOCCOCCOCCOC)(COCCC(=O)NCCOCCOCCOCCOCCOCCOCCOCCOC)NC(=O)CCOCCOCCOCCOCCNC(=O)CCCC(=O)ON1C(=O)CCC1=O. The zero-order valence-corrected chi connectivity index (χ0v) is 77.7. The van der Waals surface area contributed by atoms with Gasteiger partial charge in [-0.05, 0) is 6.42 Å². The summed E-state index contributed by atoms with van der Waals surface area (Å²) in [7, 11) is 4.87. The number of methoxy groups -OCH3 is 3. The molecule has 7 amide bonds. The Balaban J connectivity index is 2.74. The van der Waals surface area contributed by atoms with Crippen LogP contribution in [0.15, 0.2) is 0 Å². The van der Waals surface area contributed by atoms with Crippen LogP contribution >= 0.6 is 0 Å². The molecule has 1 aliphatic heterocycles. The van der Waals surface area contributed by atoms with E-state index in [9.17, 15) is 38.4 Å². The number of amides is 7. The summed E-state index contributed by atoms with van der Waals surface area (Å²) >= 11 is 0. The van der Waals surface area contributed by atoms with E-state index < -0.39 is 29.2 Å². The molecule has 1 aliphatic rings. The normalized spacial score (nSPS) is 12.3. The number of hydroxylamine groups is 2. The molecule has 46 heteroatoms. The van der Waals surface area contributed by atoms with Crippen LogP contribution in [0.1, 0.15) is 57.8 Å². The molecule has 5 N–H and O–H groups in total. The average Bonchev–Trinajstić information content (AvgIpc) is 1.63. The topological polar surface area (TPSA) is 495 Å². The van der Waals surface area contributed by atoms with Gasteiger partial charge in [0.2, 0.25) is 29.5 Å². The van der Waals surface area contributed by atoms with Crippen LogP contribution in [0.5, 0.6) is 0 Å². The van der Waals surface area contributed by atoms with Crippen LogP contribution in [0.4, 0.5) is 0 Å². The molecule has 0 atom stereocenters. The maximum absolute atomic E-state index is 13.9. The van der Waals surface area contributed by atoms with E-state index in [1.807, 2.05) is 0 Å². The molecule has 1 fully saturated rings. The van der Waals surface area contributed by atoms with Crippen LogP contribution in [-0.2, 0) is 190 Å². The van der Waals surface area contributed by atoms with Crippen molar-refractivity contribution < 1.29 is 190 Å². The molecule has 0 spiro atoms. The fourth-order valence-electron chi connectivity index (χ4n) is 10.1. The highest BCUT2D eigenvalue weighted by Crippen LogP contribution is 2.15. The molecule has 0 saturated carbocycles. The van der Waals surface area contributed by atoms with E-state index in [4.69, 9.17) is 152 Å². The average molecular weight is 1890 g/mol. The highest BCUT2D eigenvalue weighted by atomic mass is 16.7. The van der Waals surface area contributed by atoms with Crippen molar-refractivity contribution in [2.75, 3.05) is 437 Å². The molecule has 0 aromatic rings. The van der Waals surface area contributed by atoms with Crippen molar-refractivity contribution >= 4 is 47.3 Å². The number of nitrogens with one attached hydrogen (secondary N) is 5. The second-order valence-corrected chi connectivity index (χ2v) is 27.6. The Bertz CT molecular complexity index is 2370. The summed E-state index contributed by atoms with van der Waals surface area (Å²) in [4.78, 5) is 105. The lowest BCUT2D eigenvalue weighted by molar-refractivity contribution is -0.197. The Morgan fingerprint density at radius 2 is 0.400 bits per heavy atom. The monoisotopic (exact) mass is 1890 g/mol. The summed E-state index contributed by atoms with van der Waals surface area (Å²) in [6.07, 6.45) is -0.242. The van der Waals surface area contributed by atoms with Gasteiger partial charge in [0.25, 0.3) is 11.8 Å². The molecule has 130 heavy (non-hydrogen) atoms. The maximum Gasteiger partial charge on any atom is 0.333 e. The molecule has 1 rings (SSSR count). The van der Waals surface area contributed by atoms with Gasteiger partial charge in [-0.2, -0.15) is 0 Å². The minimum atomic E-state index is -1.41. The Labute approximate surface area is 766 Å². The van der Waals surface area contributed by atoms with Crippen molar-refractivity contribution in [1.29, 1.82) is 0 Å². The van der Waals surface area contributed by atoms with Crippen LogP contribution < -0.4 is 26.6 Å². The summed E-state index contributed by atoms with van der Waals surface area (Å²) < 4.78 is 171. The van der Waals surface area contributed by atoms with Gasteiger partial charge in [0.05, 0.1) is 390 Å². The second kappa shape index (κ2) is 99.7. The van der Waals surface area contributed by atoms with E-state index in [0.29, 0.717) is 283 Å². The van der Waals surface area contributed by atoms with Crippen molar-refractivity contribution in [2.24, 2.45) is 0 Å². The van der Waals surface area contributed by atoms with Gasteiger partial charge in [0.15, 0.2) is 0 Å². The van der Waals surface area contributed by atoms with Gasteiger partial charge in [-0.1, -0.05) is 0 Å². The summed E-state index contributed by atoms with van der Waals surface area (Å²) in [5, 5.41) is 14.6. The van der Waals surface area contributed by atoms with E-state index in [1.54, 1.807) is 21.3 Å². The summed E-state index contributed by atoms with van der Waals surface area (Å²) in [5.74, 6) is -3.66. The first kappa shape index (κ1) is 123. The van der Waals surface area contributed by atoms with Gasteiger partial charge in [0.1, 0.15) is 5.54 Å². The number of hydrogen-bond donors (Lipinski definition) is 5. The highest BCUT2D eigenvalue weighted by Gasteiger charge is 2.35. The number of ether oxygens (including phenoxy) is 31. The second-order valence-electron chi connectivity index (χ2n) is 27.6. The van der Waals surface area contributed by atoms with Crippen molar-refractivity contribution in [3.05, 3.63) is 0 Å². The number of rotatable bonds is 108. The van der Waals surface area contributed by atoms with Crippen molar-refractivity contribution in [3.8, 4) is 0 Å². The minimum absolute atomic E-state index is 0.00595. The number of hydrogen-bond acceptors (Lipinski definition) is 40. The van der Waals surface area contributed by atoms with Crippen molar-refractivity contribution in [2.45, 2.75) is 63.3 Å². The smallest absolute Gasteiger partial charge is 0.333 e. The van der Waals surface area contributed by atoms with E-state index in [-0.39, 0.29) is 220 Å². The lowest BCUT2D eigenvalue weighted by atomic mass is 10.0. The van der Waals surface area contributed by atoms with Crippen molar-refractivity contribution in [3.63, 3.8) is 0 Å². The fraction of sp³-hybridized carbons (Fsp3) is 0.905. The van der Waals surface area contributed by atoms with Gasteiger partial charge >= 0.3 is 5.97 Å². The molecule has 1 heterocycles. The lowest BCUT2D eigenvalue weighted by Crippen LogP contribution is -2.59. The third-order valence-electron chi connectivity index (χ3n) is 16.8. The van der Waals surface area contributed by atoms with Gasteiger partial charge in [-0.15, -0.1) is 5.06 Å². The molecule has 764 valence electrons. The van der Waals surface area contributed by atoms with Crippen LogP contribution in [0.2, 0.25) is 0 Å². The number of imide groups is 1. The molecule has 46 nitrogen and oxygen atoms in total.